The fourth-order valence-corrected chi connectivity index (χ4v) is 3.10. The molecule has 2 N–H and O–H groups in total. The van der Waals surface area contributed by atoms with Gasteiger partial charge in [0.2, 0.25) is 5.91 Å². The van der Waals surface area contributed by atoms with Gasteiger partial charge in [-0.3, -0.25) is 9.69 Å². The Morgan fingerprint density at radius 2 is 1.90 bits per heavy atom. The number of ether oxygens (including phenoxy) is 1. The molecule has 20 heavy (non-hydrogen) atoms. The number of carbonyl (C=O) groups is 1. The Balaban J connectivity index is 1.57. The summed E-state index contributed by atoms with van der Waals surface area (Å²) in [7, 11) is 0. The number of aliphatic hydroxyl groups is 1. The number of carbonyl (C=O) groups excluding carboxylic acids is 1. The summed E-state index contributed by atoms with van der Waals surface area (Å²) < 4.78 is 5.70. The largest absolute Gasteiger partial charge is 0.396 e. The van der Waals surface area contributed by atoms with Crippen LogP contribution in [-0.4, -0.2) is 60.9 Å². The molecule has 1 saturated carbocycles. The fraction of sp³-hybridized carbons (Fsp3) is 0.933. The van der Waals surface area contributed by atoms with Crippen LogP contribution in [-0.2, 0) is 9.53 Å². The van der Waals surface area contributed by atoms with Gasteiger partial charge in [0, 0.05) is 32.3 Å². The highest BCUT2D eigenvalue weighted by Crippen LogP contribution is 2.18. The molecule has 1 aliphatic carbocycles. The van der Waals surface area contributed by atoms with Crippen LogP contribution >= 0.6 is 0 Å². The average molecular weight is 284 g/mol. The van der Waals surface area contributed by atoms with E-state index in [0.29, 0.717) is 31.7 Å². The van der Waals surface area contributed by atoms with E-state index in [1.165, 1.54) is 12.8 Å². The van der Waals surface area contributed by atoms with Crippen LogP contribution in [0.15, 0.2) is 0 Å². The normalized spacial score (nSPS) is 22.2. The Hall–Kier alpha value is -0.650. The molecule has 5 heteroatoms. The van der Waals surface area contributed by atoms with E-state index in [1.807, 2.05) is 0 Å². The topological polar surface area (TPSA) is 61.8 Å². The summed E-state index contributed by atoms with van der Waals surface area (Å²) >= 11 is 0. The summed E-state index contributed by atoms with van der Waals surface area (Å²) in [6.45, 7) is 3.23. The minimum Gasteiger partial charge on any atom is -0.396 e. The van der Waals surface area contributed by atoms with Crippen molar-refractivity contribution in [2.75, 3.05) is 32.8 Å². The van der Waals surface area contributed by atoms with Crippen LogP contribution in [0.25, 0.3) is 0 Å². The first-order valence-corrected chi connectivity index (χ1v) is 8.02. The third-order valence-electron chi connectivity index (χ3n) is 4.28. The lowest BCUT2D eigenvalue weighted by Gasteiger charge is -2.31. The van der Waals surface area contributed by atoms with Crippen molar-refractivity contribution in [3.8, 4) is 0 Å². The molecular weight excluding hydrogens is 256 g/mol. The molecule has 5 nitrogen and oxygen atoms in total. The molecule has 1 heterocycles. The SMILES string of the molecule is O=C(CN1CCC(OCCCO)CC1)NC1CCCC1. The smallest absolute Gasteiger partial charge is 0.234 e. The number of amides is 1. The second-order valence-corrected chi connectivity index (χ2v) is 5.97. The van der Waals surface area contributed by atoms with Crippen LogP contribution in [0.3, 0.4) is 0 Å². The minimum absolute atomic E-state index is 0.177. The van der Waals surface area contributed by atoms with E-state index in [1.54, 1.807) is 0 Å². The van der Waals surface area contributed by atoms with E-state index < -0.39 is 0 Å². The number of likely N-dealkylation sites (tertiary alicyclic amines) is 1. The van der Waals surface area contributed by atoms with Gasteiger partial charge in [0.25, 0.3) is 0 Å². The van der Waals surface area contributed by atoms with Crippen LogP contribution in [0, 0.1) is 0 Å². The summed E-state index contributed by atoms with van der Waals surface area (Å²) in [4.78, 5) is 14.2. The van der Waals surface area contributed by atoms with Gasteiger partial charge in [-0.15, -0.1) is 0 Å². The lowest BCUT2D eigenvalue weighted by atomic mass is 10.1. The van der Waals surface area contributed by atoms with Crippen LogP contribution in [0.5, 0.6) is 0 Å². The summed E-state index contributed by atoms with van der Waals surface area (Å²) in [6.07, 6.45) is 7.78. The van der Waals surface area contributed by atoms with Crippen LogP contribution in [0.1, 0.15) is 44.9 Å². The maximum absolute atomic E-state index is 11.9. The molecule has 0 aromatic heterocycles. The van der Waals surface area contributed by atoms with Crippen molar-refractivity contribution < 1.29 is 14.6 Å². The van der Waals surface area contributed by atoms with Crippen LogP contribution in [0.4, 0.5) is 0 Å². The molecule has 1 aliphatic heterocycles. The van der Waals surface area contributed by atoms with E-state index in [2.05, 4.69) is 10.2 Å². The van der Waals surface area contributed by atoms with E-state index in [-0.39, 0.29) is 12.5 Å². The summed E-state index contributed by atoms with van der Waals surface area (Å²) in [5.74, 6) is 0.177. The molecule has 0 radical (unpaired) electrons. The van der Waals surface area contributed by atoms with E-state index in [9.17, 15) is 4.79 Å². The maximum atomic E-state index is 11.9. The van der Waals surface area contributed by atoms with Gasteiger partial charge in [0.15, 0.2) is 0 Å². The standard InChI is InChI=1S/C15H28N2O3/c18-10-3-11-20-14-6-8-17(9-7-14)12-15(19)16-13-4-1-2-5-13/h13-14,18H,1-12H2,(H,16,19). The zero-order valence-corrected chi connectivity index (χ0v) is 12.4. The number of hydrogen-bond donors (Lipinski definition) is 2. The predicted molar refractivity (Wildman–Crippen MR) is 77.5 cm³/mol. The van der Waals surface area contributed by atoms with Gasteiger partial charge < -0.3 is 15.2 Å². The summed E-state index contributed by atoms with van der Waals surface area (Å²) in [5.41, 5.74) is 0. The van der Waals surface area contributed by atoms with Crippen molar-refractivity contribution in [3.63, 3.8) is 0 Å². The molecular formula is C15H28N2O3. The first-order chi connectivity index (χ1) is 9.78. The molecule has 0 bridgehead atoms. The Labute approximate surface area is 121 Å². The van der Waals surface area contributed by atoms with Gasteiger partial charge >= 0.3 is 0 Å². The van der Waals surface area contributed by atoms with Gasteiger partial charge in [-0.05, 0) is 32.1 Å². The molecule has 1 amide bonds. The molecule has 116 valence electrons. The fourth-order valence-electron chi connectivity index (χ4n) is 3.10. The average Bonchev–Trinajstić information content (AvgIpc) is 2.94. The number of nitrogens with zero attached hydrogens (tertiary/aromatic N) is 1. The molecule has 2 fully saturated rings. The highest BCUT2D eigenvalue weighted by molar-refractivity contribution is 5.78. The monoisotopic (exact) mass is 284 g/mol. The lowest BCUT2D eigenvalue weighted by Crippen LogP contribution is -2.45. The molecule has 1 saturated heterocycles. The number of piperidine rings is 1. The van der Waals surface area contributed by atoms with Gasteiger partial charge in [-0.1, -0.05) is 12.8 Å². The van der Waals surface area contributed by atoms with E-state index >= 15 is 0 Å². The van der Waals surface area contributed by atoms with Crippen molar-refractivity contribution >= 4 is 5.91 Å². The molecule has 0 aromatic carbocycles. The van der Waals surface area contributed by atoms with Gasteiger partial charge in [0.1, 0.15) is 0 Å². The van der Waals surface area contributed by atoms with E-state index in [4.69, 9.17) is 9.84 Å². The van der Waals surface area contributed by atoms with Gasteiger partial charge in [0.05, 0.1) is 12.6 Å². The van der Waals surface area contributed by atoms with Crippen molar-refractivity contribution in [1.82, 2.24) is 10.2 Å². The zero-order chi connectivity index (χ0) is 14.2. The van der Waals surface area contributed by atoms with E-state index in [0.717, 1.165) is 38.8 Å². The van der Waals surface area contributed by atoms with Crippen molar-refractivity contribution in [3.05, 3.63) is 0 Å². The Morgan fingerprint density at radius 1 is 1.20 bits per heavy atom. The Morgan fingerprint density at radius 3 is 2.55 bits per heavy atom. The number of hydrogen-bond acceptors (Lipinski definition) is 4. The lowest BCUT2D eigenvalue weighted by molar-refractivity contribution is -0.123. The molecule has 0 unspecified atom stereocenters. The quantitative estimate of drug-likeness (QED) is 0.682. The Kier molecular flexibility index (Phi) is 6.76. The third kappa shape index (κ3) is 5.38. The van der Waals surface area contributed by atoms with Crippen molar-refractivity contribution in [2.45, 2.75) is 57.1 Å². The van der Waals surface area contributed by atoms with Crippen LogP contribution < -0.4 is 5.32 Å². The second kappa shape index (κ2) is 8.60. The van der Waals surface area contributed by atoms with Crippen LogP contribution in [0.2, 0.25) is 0 Å². The Bertz CT molecular complexity index is 285. The number of rotatable bonds is 7. The van der Waals surface area contributed by atoms with Gasteiger partial charge in [-0.2, -0.15) is 0 Å². The zero-order valence-electron chi connectivity index (χ0n) is 12.4. The summed E-state index contributed by atoms with van der Waals surface area (Å²) in [5, 5.41) is 11.9. The van der Waals surface area contributed by atoms with Crippen molar-refractivity contribution in [1.29, 1.82) is 0 Å². The first-order valence-electron chi connectivity index (χ1n) is 8.02. The number of aliphatic hydroxyl groups excluding tert-OH is 1. The molecule has 0 spiro atoms. The minimum atomic E-state index is 0.177. The maximum Gasteiger partial charge on any atom is 0.234 e. The number of nitrogens with one attached hydrogen (secondary N) is 1. The summed E-state index contributed by atoms with van der Waals surface area (Å²) in [6, 6.07) is 0.418. The highest BCUT2D eigenvalue weighted by atomic mass is 16.5. The third-order valence-corrected chi connectivity index (χ3v) is 4.28. The van der Waals surface area contributed by atoms with Gasteiger partial charge in [-0.25, -0.2) is 0 Å². The second-order valence-electron chi connectivity index (χ2n) is 5.97. The molecule has 0 aromatic rings. The molecule has 2 rings (SSSR count). The molecule has 0 atom stereocenters. The first kappa shape index (κ1) is 15.7. The predicted octanol–water partition coefficient (Wildman–Crippen LogP) is 0.909. The highest BCUT2D eigenvalue weighted by Gasteiger charge is 2.23. The molecule has 2 aliphatic rings. The van der Waals surface area contributed by atoms with Crippen molar-refractivity contribution in [2.24, 2.45) is 0 Å².